The largest absolute Gasteiger partial charge is 0.337 e. The molecule has 2 aliphatic rings. The molecule has 1 amide bonds. The van der Waals surface area contributed by atoms with Crippen molar-refractivity contribution in [3.8, 4) is 0 Å². The summed E-state index contributed by atoms with van der Waals surface area (Å²) in [6.07, 6.45) is 4.77. The normalized spacial score (nSPS) is 25.9. The van der Waals surface area contributed by atoms with Crippen LogP contribution in [0.5, 0.6) is 0 Å². The standard InChI is InChI=1S/C19H27N5O/c1-3-24-16-11-7-6-10-15(16)20-17(24)12-23(2)19(25)18-13-8-4-5-9-14(13)21-22-18/h6-7,10-11,13-14,18,21-22H,3-5,8-9,12H2,1-2H3. The fourth-order valence-corrected chi connectivity index (χ4v) is 4.41. The lowest BCUT2D eigenvalue weighted by Crippen LogP contribution is -2.46. The lowest BCUT2D eigenvalue weighted by atomic mass is 9.81. The maximum atomic E-state index is 13.0. The number of benzene rings is 1. The monoisotopic (exact) mass is 341 g/mol. The van der Waals surface area contributed by atoms with Gasteiger partial charge in [-0.2, -0.15) is 0 Å². The van der Waals surface area contributed by atoms with E-state index in [1.54, 1.807) is 0 Å². The molecule has 1 aromatic carbocycles. The molecule has 2 N–H and O–H groups in total. The van der Waals surface area contributed by atoms with Crippen LogP contribution in [0, 0.1) is 5.92 Å². The Bertz CT molecular complexity index is 770. The van der Waals surface area contributed by atoms with Crippen molar-refractivity contribution in [1.82, 2.24) is 25.3 Å². The maximum absolute atomic E-state index is 13.0. The molecule has 1 saturated carbocycles. The van der Waals surface area contributed by atoms with E-state index in [2.05, 4.69) is 28.4 Å². The van der Waals surface area contributed by atoms with Crippen molar-refractivity contribution in [3.63, 3.8) is 0 Å². The van der Waals surface area contributed by atoms with Crippen LogP contribution in [0.15, 0.2) is 24.3 Å². The summed E-state index contributed by atoms with van der Waals surface area (Å²) in [4.78, 5) is 19.6. The zero-order valence-corrected chi connectivity index (χ0v) is 15.0. The molecule has 1 aromatic heterocycles. The predicted octanol–water partition coefficient (Wildman–Crippen LogP) is 2.05. The van der Waals surface area contributed by atoms with Gasteiger partial charge in [0.05, 0.1) is 17.6 Å². The summed E-state index contributed by atoms with van der Waals surface area (Å²) in [5.74, 6) is 1.52. The zero-order chi connectivity index (χ0) is 17.4. The number of carbonyl (C=O) groups excluding carboxylic acids is 1. The molecule has 2 aromatic rings. The third kappa shape index (κ3) is 2.93. The first-order chi connectivity index (χ1) is 12.2. The summed E-state index contributed by atoms with van der Waals surface area (Å²) < 4.78 is 2.20. The van der Waals surface area contributed by atoms with Crippen LogP contribution < -0.4 is 10.9 Å². The average molecular weight is 341 g/mol. The van der Waals surface area contributed by atoms with Gasteiger partial charge in [0, 0.05) is 25.6 Å². The summed E-state index contributed by atoms with van der Waals surface area (Å²) in [6.45, 7) is 3.51. The summed E-state index contributed by atoms with van der Waals surface area (Å²) in [5.41, 5.74) is 8.71. The second kappa shape index (κ2) is 6.77. The van der Waals surface area contributed by atoms with Gasteiger partial charge in [-0.25, -0.2) is 10.4 Å². The number of rotatable bonds is 4. The Hall–Kier alpha value is -1.92. The van der Waals surface area contributed by atoms with Crippen LogP contribution in [0.25, 0.3) is 11.0 Å². The van der Waals surface area contributed by atoms with Crippen molar-refractivity contribution in [2.45, 2.75) is 57.8 Å². The molecule has 2 fully saturated rings. The fourth-order valence-electron chi connectivity index (χ4n) is 4.41. The highest BCUT2D eigenvalue weighted by Crippen LogP contribution is 2.31. The maximum Gasteiger partial charge on any atom is 0.241 e. The number of likely N-dealkylation sites (N-methyl/N-ethyl adjacent to an activating group) is 1. The van der Waals surface area contributed by atoms with Gasteiger partial charge in [-0.05, 0) is 31.9 Å². The molecule has 1 aliphatic carbocycles. The SMILES string of the molecule is CCn1c(CN(C)C(=O)C2NNC3CCCCC32)nc2ccccc21. The number of carbonyl (C=O) groups is 1. The van der Waals surface area contributed by atoms with Gasteiger partial charge in [0.15, 0.2) is 0 Å². The second-order valence-electron chi connectivity index (χ2n) is 7.28. The van der Waals surface area contributed by atoms with E-state index in [9.17, 15) is 4.79 Å². The van der Waals surface area contributed by atoms with Crippen molar-refractivity contribution in [2.24, 2.45) is 5.92 Å². The van der Waals surface area contributed by atoms with Gasteiger partial charge >= 0.3 is 0 Å². The van der Waals surface area contributed by atoms with Gasteiger partial charge in [0.1, 0.15) is 11.9 Å². The van der Waals surface area contributed by atoms with Crippen molar-refractivity contribution in [3.05, 3.63) is 30.1 Å². The Morgan fingerprint density at radius 3 is 2.92 bits per heavy atom. The molecular weight excluding hydrogens is 314 g/mol. The van der Waals surface area contributed by atoms with Crippen LogP contribution >= 0.6 is 0 Å². The van der Waals surface area contributed by atoms with Crippen LogP contribution in [-0.4, -0.2) is 39.5 Å². The van der Waals surface area contributed by atoms with Crippen LogP contribution in [0.3, 0.4) is 0 Å². The molecule has 0 spiro atoms. The van der Waals surface area contributed by atoms with E-state index in [1.807, 2.05) is 30.1 Å². The summed E-state index contributed by atoms with van der Waals surface area (Å²) >= 11 is 0. The Morgan fingerprint density at radius 2 is 2.08 bits per heavy atom. The third-order valence-electron chi connectivity index (χ3n) is 5.74. The molecular formula is C19H27N5O. The van der Waals surface area contributed by atoms with Crippen molar-refractivity contribution >= 4 is 16.9 Å². The Labute approximate surface area is 148 Å². The highest BCUT2D eigenvalue weighted by atomic mass is 16.2. The Balaban J connectivity index is 1.52. The van der Waals surface area contributed by atoms with E-state index in [-0.39, 0.29) is 11.9 Å². The predicted molar refractivity (Wildman–Crippen MR) is 97.7 cm³/mol. The van der Waals surface area contributed by atoms with Gasteiger partial charge in [-0.3, -0.25) is 10.2 Å². The van der Waals surface area contributed by atoms with E-state index in [4.69, 9.17) is 4.98 Å². The molecule has 4 rings (SSSR count). The van der Waals surface area contributed by atoms with Gasteiger partial charge in [0.25, 0.3) is 0 Å². The molecule has 25 heavy (non-hydrogen) atoms. The third-order valence-corrected chi connectivity index (χ3v) is 5.74. The van der Waals surface area contributed by atoms with Crippen molar-refractivity contribution in [1.29, 1.82) is 0 Å². The second-order valence-corrected chi connectivity index (χ2v) is 7.28. The molecule has 134 valence electrons. The molecule has 0 radical (unpaired) electrons. The Kier molecular flexibility index (Phi) is 4.48. The molecule has 0 bridgehead atoms. The fraction of sp³-hybridized carbons (Fsp3) is 0.579. The summed E-state index contributed by atoms with van der Waals surface area (Å²) in [5, 5.41) is 0. The topological polar surface area (TPSA) is 62.2 Å². The zero-order valence-electron chi connectivity index (χ0n) is 15.0. The number of nitrogens with zero attached hydrogens (tertiary/aromatic N) is 3. The number of nitrogens with one attached hydrogen (secondary N) is 2. The van der Waals surface area contributed by atoms with Crippen LogP contribution in [0.4, 0.5) is 0 Å². The molecule has 3 unspecified atom stereocenters. The minimum Gasteiger partial charge on any atom is -0.337 e. The van der Waals surface area contributed by atoms with E-state index in [1.165, 1.54) is 12.8 Å². The van der Waals surface area contributed by atoms with Crippen molar-refractivity contribution < 1.29 is 4.79 Å². The smallest absolute Gasteiger partial charge is 0.241 e. The Morgan fingerprint density at radius 1 is 1.28 bits per heavy atom. The summed E-state index contributed by atoms with van der Waals surface area (Å²) in [7, 11) is 1.89. The van der Waals surface area contributed by atoms with Gasteiger partial charge in [-0.15, -0.1) is 0 Å². The number of aromatic nitrogens is 2. The lowest BCUT2D eigenvalue weighted by Gasteiger charge is -2.29. The minimum atomic E-state index is -0.116. The molecule has 1 aliphatic heterocycles. The molecule has 3 atom stereocenters. The summed E-state index contributed by atoms with van der Waals surface area (Å²) in [6, 6.07) is 8.48. The quantitative estimate of drug-likeness (QED) is 0.893. The van der Waals surface area contributed by atoms with Gasteiger partial charge in [-0.1, -0.05) is 25.0 Å². The van der Waals surface area contributed by atoms with Crippen LogP contribution in [0.1, 0.15) is 38.4 Å². The minimum absolute atomic E-state index is 0.116. The van der Waals surface area contributed by atoms with E-state index in [0.29, 0.717) is 18.5 Å². The van der Waals surface area contributed by atoms with Crippen LogP contribution in [0.2, 0.25) is 0 Å². The van der Waals surface area contributed by atoms with Gasteiger partial charge < -0.3 is 9.47 Å². The molecule has 2 heterocycles. The van der Waals surface area contributed by atoms with E-state index < -0.39 is 0 Å². The number of amides is 1. The van der Waals surface area contributed by atoms with Crippen molar-refractivity contribution in [2.75, 3.05) is 7.05 Å². The first-order valence-electron chi connectivity index (χ1n) is 9.39. The average Bonchev–Trinajstić information content (AvgIpc) is 3.21. The number of hydrazine groups is 1. The first-order valence-corrected chi connectivity index (χ1v) is 9.39. The number of aryl methyl sites for hydroxylation is 1. The highest BCUT2D eigenvalue weighted by Gasteiger charge is 2.42. The van der Waals surface area contributed by atoms with Gasteiger partial charge in [0.2, 0.25) is 5.91 Å². The number of hydrogen-bond acceptors (Lipinski definition) is 4. The first kappa shape index (κ1) is 16.5. The highest BCUT2D eigenvalue weighted by molar-refractivity contribution is 5.82. The number of hydrogen-bond donors (Lipinski definition) is 2. The van der Waals surface area contributed by atoms with Crippen LogP contribution in [-0.2, 0) is 17.9 Å². The number of imidazole rings is 1. The van der Waals surface area contributed by atoms with E-state index >= 15 is 0 Å². The van der Waals surface area contributed by atoms with E-state index in [0.717, 1.165) is 36.2 Å². The molecule has 6 heteroatoms. The lowest BCUT2D eigenvalue weighted by molar-refractivity contribution is -0.133. The number of fused-ring (bicyclic) bond motifs is 2. The molecule has 6 nitrogen and oxygen atoms in total. The molecule has 1 saturated heterocycles. The number of para-hydroxylation sites is 2.